The van der Waals surface area contributed by atoms with Crippen LogP contribution in [0.2, 0.25) is 0 Å². The highest BCUT2D eigenvalue weighted by molar-refractivity contribution is 14.1. The lowest BCUT2D eigenvalue weighted by Gasteiger charge is -2.27. The van der Waals surface area contributed by atoms with Crippen molar-refractivity contribution in [3.63, 3.8) is 0 Å². The van der Waals surface area contributed by atoms with Gasteiger partial charge in [0.1, 0.15) is 3.70 Å². The number of nitrogens with zero attached hydrogens (tertiary/aromatic N) is 2. The number of nitrogens with one attached hydrogen (secondary N) is 1. The Labute approximate surface area is 118 Å². The van der Waals surface area contributed by atoms with Crippen molar-refractivity contribution in [2.24, 2.45) is 0 Å². The van der Waals surface area contributed by atoms with Gasteiger partial charge in [0, 0.05) is 12.1 Å². The number of rotatable bonds is 1. The van der Waals surface area contributed by atoms with Gasteiger partial charge in [-0.25, -0.2) is 0 Å². The van der Waals surface area contributed by atoms with Crippen LogP contribution in [0.4, 0.5) is 0 Å². The molecule has 1 aromatic heterocycles. The van der Waals surface area contributed by atoms with E-state index in [2.05, 4.69) is 44.6 Å². The lowest BCUT2D eigenvalue weighted by atomic mass is 10.1. The molecule has 0 amide bonds. The molecule has 7 heteroatoms. The zero-order valence-electron chi connectivity index (χ0n) is 9.98. The molecule has 6 nitrogen and oxygen atoms in total. The van der Waals surface area contributed by atoms with E-state index in [4.69, 9.17) is 14.3 Å². The molecule has 0 unspecified atom stereocenters. The minimum absolute atomic E-state index is 0.250. The van der Waals surface area contributed by atoms with Crippen LogP contribution in [0.15, 0.2) is 0 Å². The molecule has 0 saturated carbocycles. The molecule has 1 aromatic rings. The summed E-state index contributed by atoms with van der Waals surface area (Å²) in [6, 6.07) is 0.862. The summed E-state index contributed by atoms with van der Waals surface area (Å²) in [6.07, 6.45) is 1.31. The van der Waals surface area contributed by atoms with Gasteiger partial charge in [-0.05, 0) is 29.0 Å². The van der Waals surface area contributed by atoms with Crippen LogP contribution >= 0.6 is 22.6 Å². The second-order valence-corrected chi connectivity index (χ2v) is 5.21. The maximum absolute atomic E-state index is 8.12. The molecule has 0 bridgehead atoms. The summed E-state index contributed by atoms with van der Waals surface area (Å²) in [4.78, 5) is 16.2. The van der Waals surface area contributed by atoms with E-state index in [1.165, 1.54) is 11.3 Å². The van der Waals surface area contributed by atoms with Crippen LogP contribution in [0, 0.1) is 3.70 Å². The first-order valence-electron chi connectivity index (χ1n) is 5.79. The largest absolute Gasteiger partial charge is 0.377 e. The van der Waals surface area contributed by atoms with Gasteiger partial charge in [-0.3, -0.25) is 4.68 Å². The number of carbonyl (C=O) groups excluding carboxylic acids is 2. The Morgan fingerprint density at radius 3 is 2.94 bits per heavy atom. The van der Waals surface area contributed by atoms with Crippen LogP contribution in [0.1, 0.15) is 24.2 Å². The maximum Gasteiger partial charge on any atom is 0.373 e. The SMILES string of the molecule is CCc1c(I)nn2c1CN[C@@H]1COC[C@@H]12.O=C=O. The first kappa shape index (κ1) is 13.7. The van der Waals surface area contributed by atoms with E-state index >= 15 is 0 Å². The Bertz CT molecular complexity index is 468. The second-order valence-electron chi connectivity index (χ2n) is 4.19. The molecule has 1 fully saturated rings. The molecule has 3 heterocycles. The van der Waals surface area contributed by atoms with E-state index in [1.807, 2.05) is 0 Å². The van der Waals surface area contributed by atoms with Gasteiger partial charge < -0.3 is 10.1 Å². The fourth-order valence-electron chi connectivity index (χ4n) is 2.49. The predicted molar refractivity (Wildman–Crippen MR) is 69.8 cm³/mol. The van der Waals surface area contributed by atoms with Crippen molar-refractivity contribution in [1.29, 1.82) is 0 Å². The number of halogens is 1. The van der Waals surface area contributed by atoms with Crippen LogP contribution in [0.5, 0.6) is 0 Å². The monoisotopic (exact) mass is 363 g/mol. The molecule has 0 radical (unpaired) electrons. The zero-order valence-corrected chi connectivity index (χ0v) is 12.1. The average Bonchev–Trinajstić information content (AvgIpc) is 2.92. The molecular weight excluding hydrogens is 349 g/mol. The van der Waals surface area contributed by atoms with E-state index in [1.54, 1.807) is 0 Å². The number of ether oxygens (including phenoxy) is 1. The fraction of sp³-hybridized carbons (Fsp3) is 0.636. The molecule has 2 atom stereocenters. The summed E-state index contributed by atoms with van der Waals surface area (Å²) in [6.45, 7) is 4.74. The molecule has 18 heavy (non-hydrogen) atoms. The molecule has 2 aliphatic heterocycles. The minimum Gasteiger partial charge on any atom is -0.377 e. The molecule has 98 valence electrons. The standard InChI is InChI=1S/C10H14IN3O.CO2/c1-2-6-8-3-12-7-4-15-5-9(7)14(8)13-10(6)11;2-1-3/h7,9,12H,2-5H2,1H3;/t7-,9+;/m1./s1. The topological polar surface area (TPSA) is 73.2 Å². The van der Waals surface area contributed by atoms with Crippen molar-refractivity contribution < 1.29 is 14.3 Å². The number of aromatic nitrogens is 2. The summed E-state index contributed by atoms with van der Waals surface area (Å²) in [7, 11) is 0. The van der Waals surface area contributed by atoms with Gasteiger partial charge in [-0.1, -0.05) is 6.92 Å². The van der Waals surface area contributed by atoms with Gasteiger partial charge in [0.05, 0.1) is 31.0 Å². The van der Waals surface area contributed by atoms with Crippen LogP contribution in [0.3, 0.4) is 0 Å². The van der Waals surface area contributed by atoms with Gasteiger partial charge in [-0.15, -0.1) is 0 Å². The van der Waals surface area contributed by atoms with Gasteiger partial charge in [0.15, 0.2) is 0 Å². The molecule has 2 aliphatic rings. The first-order chi connectivity index (χ1) is 8.72. The Hall–Kier alpha value is -0.760. The number of fused-ring (bicyclic) bond motifs is 3. The average molecular weight is 363 g/mol. The van der Waals surface area contributed by atoms with Gasteiger partial charge in [-0.2, -0.15) is 14.7 Å². The van der Waals surface area contributed by atoms with E-state index in [0.717, 1.165) is 29.9 Å². The molecule has 0 aliphatic carbocycles. The summed E-state index contributed by atoms with van der Waals surface area (Å²) >= 11 is 2.33. The predicted octanol–water partition coefficient (Wildman–Crippen LogP) is 0.510. The quantitative estimate of drug-likeness (QED) is 0.737. The van der Waals surface area contributed by atoms with Crippen LogP contribution in [-0.2, 0) is 27.3 Å². The Kier molecular flexibility index (Phi) is 4.50. The van der Waals surface area contributed by atoms with Crippen molar-refractivity contribution in [3.05, 3.63) is 15.0 Å². The van der Waals surface area contributed by atoms with Crippen molar-refractivity contribution in [1.82, 2.24) is 15.1 Å². The number of hydrogen-bond donors (Lipinski definition) is 1. The first-order valence-corrected chi connectivity index (χ1v) is 6.87. The zero-order chi connectivity index (χ0) is 13.1. The molecule has 1 N–H and O–H groups in total. The van der Waals surface area contributed by atoms with E-state index in [0.29, 0.717) is 12.1 Å². The molecular formula is C11H14IN3O3. The lowest BCUT2D eigenvalue weighted by molar-refractivity contribution is -0.191. The minimum atomic E-state index is 0.250. The summed E-state index contributed by atoms with van der Waals surface area (Å²) in [5, 5.41) is 8.18. The lowest BCUT2D eigenvalue weighted by Crippen LogP contribution is -2.42. The van der Waals surface area contributed by atoms with Gasteiger partial charge >= 0.3 is 6.15 Å². The third-order valence-corrected chi connectivity index (χ3v) is 4.19. The summed E-state index contributed by atoms with van der Waals surface area (Å²) < 4.78 is 8.85. The van der Waals surface area contributed by atoms with E-state index in [9.17, 15) is 0 Å². The molecule has 1 saturated heterocycles. The van der Waals surface area contributed by atoms with Crippen molar-refractivity contribution in [2.45, 2.75) is 32.0 Å². The van der Waals surface area contributed by atoms with Crippen LogP contribution in [-0.4, -0.2) is 35.2 Å². The third-order valence-electron chi connectivity index (χ3n) is 3.32. The van der Waals surface area contributed by atoms with Crippen LogP contribution < -0.4 is 5.32 Å². The molecule has 0 aromatic carbocycles. The highest BCUT2D eigenvalue weighted by atomic mass is 127. The Morgan fingerprint density at radius 1 is 1.56 bits per heavy atom. The Balaban J connectivity index is 0.000000367. The summed E-state index contributed by atoms with van der Waals surface area (Å²) in [5.74, 6) is 0. The highest BCUT2D eigenvalue weighted by Crippen LogP contribution is 2.29. The van der Waals surface area contributed by atoms with Gasteiger partial charge in [0.25, 0.3) is 0 Å². The third kappa shape index (κ3) is 2.35. The van der Waals surface area contributed by atoms with Gasteiger partial charge in [0.2, 0.25) is 0 Å². The van der Waals surface area contributed by atoms with Crippen LogP contribution in [0.25, 0.3) is 0 Å². The molecule has 3 rings (SSSR count). The summed E-state index contributed by atoms with van der Waals surface area (Å²) in [5.41, 5.74) is 2.75. The maximum atomic E-state index is 8.12. The van der Waals surface area contributed by atoms with E-state index < -0.39 is 0 Å². The van der Waals surface area contributed by atoms with Crippen molar-refractivity contribution in [2.75, 3.05) is 13.2 Å². The fourth-order valence-corrected chi connectivity index (χ4v) is 3.42. The van der Waals surface area contributed by atoms with Crippen molar-refractivity contribution >= 4 is 28.7 Å². The Morgan fingerprint density at radius 2 is 2.28 bits per heavy atom. The smallest absolute Gasteiger partial charge is 0.373 e. The highest BCUT2D eigenvalue weighted by Gasteiger charge is 2.36. The normalized spacial score (nSPS) is 24.6. The van der Waals surface area contributed by atoms with E-state index in [-0.39, 0.29) is 6.15 Å². The number of hydrogen-bond acceptors (Lipinski definition) is 5. The molecule has 0 spiro atoms. The van der Waals surface area contributed by atoms with Crippen molar-refractivity contribution in [3.8, 4) is 0 Å². The second kappa shape index (κ2) is 5.92.